The third-order valence-corrected chi connectivity index (χ3v) is 3.79. The van der Waals surface area contributed by atoms with Gasteiger partial charge in [-0.25, -0.2) is 0 Å². The summed E-state index contributed by atoms with van der Waals surface area (Å²) in [5.41, 5.74) is 0. The van der Waals surface area contributed by atoms with E-state index in [9.17, 15) is 0 Å². The Labute approximate surface area is 101 Å². The number of rotatable bonds is 7. The predicted octanol–water partition coefficient (Wildman–Crippen LogP) is 1.73. The van der Waals surface area contributed by atoms with Crippen LogP contribution in [-0.4, -0.2) is 50.8 Å². The molecule has 3 heteroatoms. The highest BCUT2D eigenvalue weighted by atomic mass is 16.5. The van der Waals surface area contributed by atoms with Crippen LogP contribution in [0, 0.1) is 5.92 Å². The van der Waals surface area contributed by atoms with Gasteiger partial charge in [0.25, 0.3) is 0 Å². The summed E-state index contributed by atoms with van der Waals surface area (Å²) >= 11 is 0. The van der Waals surface area contributed by atoms with Gasteiger partial charge in [0.05, 0.1) is 6.61 Å². The number of nitrogens with one attached hydrogen (secondary N) is 1. The fraction of sp³-hybridized carbons (Fsp3) is 1.00. The maximum Gasteiger partial charge on any atom is 0.0509 e. The Morgan fingerprint density at radius 2 is 2.12 bits per heavy atom. The van der Waals surface area contributed by atoms with Crippen molar-refractivity contribution in [3.63, 3.8) is 0 Å². The molecule has 0 bridgehead atoms. The van der Waals surface area contributed by atoms with Gasteiger partial charge in [0.15, 0.2) is 0 Å². The molecule has 2 atom stereocenters. The zero-order chi connectivity index (χ0) is 11.8. The molecule has 0 saturated carbocycles. The number of nitrogens with zero attached hydrogens (tertiary/aromatic N) is 1. The summed E-state index contributed by atoms with van der Waals surface area (Å²) in [6.45, 7) is 9.91. The van der Waals surface area contributed by atoms with E-state index in [4.69, 9.17) is 4.74 Å². The van der Waals surface area contributed by atoms with Gasteiger partial charge in [0.1, 0.15) is 0 Å². The van der Waals surface area contributed by atoms with Gasteiger partial charge in [-0.05, 0) is 51.9 Å². The zero-order valence-electron chi connectivity index (χ0n) is 11.2. The smallest absolute Gasteiger partial charge is 0.0509 e. The Hall–Kier alpha value is -0.120. The van der Waals surface area contributed by atoms with E-state index >= 15 is 0 Å². The number of ether oxygens (including phenoxy) is 1. The van der Waals surface area contributed by atoms with Crippen molar-refractivity contribution in [1.82, 2.24) is 10.2 Å². The van der Waals surface area contributed by atoms with Crippen molar-refractivity contribution in [2.75, 3.05) is 39.9 Å². The first kappa shape index (κ1) is 13.9. The van der Waals surface area contributed by atoms with Crippen molar-refractivity contribution in [2.45, 2.75) is 39.2 Å². The van der Waals surface area contributed by atoms with Crippen LogP contribution in [-0.2, 0) is 4.74 Å². The van der Waals surface area contributed by atoms with E-state index in [1.165, 1.54) is 25.8 Å². The van der Waals surface area contributed by atoms with E-state index in [0.29, 0.717) is 12.0 Å². The molecule has 1 heterocycles. The lowest BCUT2D eigenvalue weighted by atomic mass is 9.91. The molecule has 0 aromatic carbocycles. The molecule has 1 fully saturated rings. The van der Waals surface area contributed by atoms with E-state index in [2.05, 4.69) is 31.1 Å². The first-order valence-electron chi connectivity index (χ1n) is 6.79. The zero-order valence-corrected chi connectivity index (χ0v) is 11.2. The molecule has 1 N–H and O–H groups in total. The summed E-state index contributed by atoms with van der Waals surface area (Å²) in [6.07, 6.45) is 3.80. The van der Waals surface area contributed by atoms with Crippen molar-refractivity contribution in [2.24, 2.45) is 5.92 Å². The molecule has 1 aliphatic rings. The first-order chi connectivity index (χ1) is 7.81. The highest BCUT2D eigenvalue weighted by molar-refractivity contribution is 4.78. The Morgan fingerprint density at radius 3 is 2.62 bits per heavy atom. The van der Waals surface area contributed by atoms with Crippen LogP contribution in [0.2, 0.25) is 0 Å². The fourth-order valence-corrected chi connectivity index (χ4v) is 2.56. The number of hydrogen-bond acceptors (Lipinski definition) is 3. The third kappa shape index (κ3) is 4.40. The lowest BCUT2D eigenvalue weighted by molar-refractivity contribution is 0.0376. The van der Waals surface area contributed by atoms with Crippen molar-refractivity contribution < 1.29 is 4.74 Å². The summed E-state index contributed by atoms with van der Waals surface area (Å²) in [5, 5.41) is 3.47. The van der Waals surface area contributed by atoms with Gasteiger partial charge in [-0.3, -0.25) is 0 Å². The summed E-state index contributed by atoms with van der Waals surface area (Å²) < 4.78 is 5.57. The molecule has 0 amide bonds. The van der Waals surface area contributed by atoms with E-state index < -0.39 is 0 Å². The Kier molecular flexibility index (Phi) is 7.01. The summed E-state index contributed by atoms with van der Waals surface area (Å²) in [7, 11) is 2.08. The molecule has 0 aromatic rings. The fourth-order valence-electron chi connectivity index (χ4n) is 2.56. The maximum absolute atomic E-state index is 5.57. The second-order valence-electron chi connectivity index (χ2n) is 4.69. The van der Waals surface area contributed by atoms with E-state index in [0.717, 1.165) is 26.3 Å². The minimum Gasteiger partial charge on any atom is -0.381 e. The van der Waals surface area contributed by atoms with Crippen LogP contribution >= 0.6 is 0 Å². The molecule has 0 aromatic heterocycles. The SMILES string of the molecule is CCN(CC)CCC(NC)C1CCCOC1. The first-order valence-corrected chi connectivity index (χ1v) is 6.79. The van der Waals surface area contributed by atoms with Crippen LogP contribution in [0.5, 0.6) is 0 Å². The minimum absolute atomic E-state index is 0.626. The standard InChI is InChI=1S/C13H28N2O/c1-4-15(5-2)9-8-13(14-3)12-7-6-10-16-11-12/h12-14H,4-11H2,1-3H3. The van der Waals surface area contributed by atoms with Gasteiger partial charge in [-0.2, -0.15) is 0 Å². The quantitative estimate of drug-likeness (QED) is 0.718. The highest BCUT2D eigenvalue weighted by Gasteiger charge is 2.22. The van der Waals surface area contributed by atoms with Gasteiger partial charge < -0.3 is 15.0 Å². The maximum atomic E-state index is 5.57. The normalized spacial score (nSPS) is 23.6. The largest absolute Gasteiger partial charge is 0.381 e. The lowest BCUT2D eigenvalue weighted by Crippen LogP contribution is -2.41. The molecule has 3 nitrogen and oxygen atoms in total. The molecular weight excluding hydrogens is 200 g/mol. The average molecular weight is 228 g/mol. The summed E-state index contributed by atoms with van der Waals surface area (Å²) in [4.78, 5) is 2.49. The van der Waals surface area contributed by atoms with Crippen molar-refractivity contribution >= 4 is 0 Å². The van der Waals surface area contributed by atoms with Crippen LogP contribution < -0.4 is 5.32 Å². The topological polar surface area (TPSA) is 24.5 Å². The predicted molar refractivity (Wildman–Crippen MR) is 68.8 cm³/mol. The van der Waals surface area contributed by atoms with E-state index in [-0.39, 0.29) is 0 Å². The minimum atomic E-state index is 0.626. The van der Waals surface area contributed by atoms with Crippen LogP contribution in [0.15, 0.2) is 0 Å². The van der Waals surface area contributed by atoms with Gasteiger partial charge in [-0.1, -0.05) is 13.8 Å². The van der Waals surface area contributed by atoms with Gasteiger partial charge in [0.2, 0.25) is 0 Å². The van der Waals surface area contributed by atoms with Crippen LogP contribution in [0.1, 0.15) is 33.1 Å². The summed E-state index contributed by atoms with van der Waals surface area (Å²) in [5.74, 6) is 0.717. The molecule has 16 heavy (non-hydrogen) atoms. The van der Waals surface area contributed by atoms with Gasteiger partial charge in [0, 0.05) is 12.6 Å². The van der Waals surface area contributed by atoms with Crippen molar-refractivity contribution in [3.05, 3.63) is 0 Å². The monoisotopic (exact) mass is 228 g/mol. The Morgan fingerprint density at radius 1 is 1.38 bits per heavy atom. The van der Waals surface area contributed by atoms with Crippen LogP contribution in [0.25, 0.3) is 0 Å². The molecule has 1 aliphatic heterocycles. The van der Waals surface area contributed by atoms with Crippen LogP contribution in [0.3, 0.4) is 0 Å². The molecular formula is C13H28N2O. The van der Waals surface area contributed by atoms with E-state index in [1.54, 1.807) is 0 Å². The van der Waals surface area contributed by atoms with Gasteiger partial charge in [-0.15, -0.1) is 0 Å². The van der Waals surface area contributed by atoms with Crippen LogP contribution in [0.4, 0.5) is 0 Å². The lowest BCUT2D eigenvalue weighted by Gasteiger charge is -2.31. The second-order valence-corrected chi connectivity index (χ2v) is 4.69. The molecule has 1 saturated heterocycles. The summed E-state index contributed by atoms with van der Waals surface area (Å²) in [6, 6.07) is 0.626. The number of hydrogen-bond donors (Lipinski definition) is 1. The molecule has 2 unspecified atom stereocenters. The molecule has 0 aliphatic carbocycles. The molecule has 1 rings (SSSR count). The molecule has 0 radical (unpaired) electrons. The molecule has 0 spiro atoms. The van der Waals surface area contributed by atoms with Crippen molar-refractivity contribution in [1.29, 1.82) is 0 Å². The van der Waals surface area contributed by atoms with E-state index in [1.807, 2.05) is 0 Å². The molecule has 96 valence electrons. The van der Waals surface area contributed by atoms with Gasteiger partial charge >= 0.3 is 0 Å². The third-order valence-electron chi connectivity index (χ3n) is 3.79. The Balaban J connectivity index is 2.29. The Bertz CT molecular complexity index is 165. The average Bonchev–Trinajstić information content (AvgIpc) is 2.36. The second kappa shape index (κ2) is 8.04. The highest BCUT2D eigenvalue weighted by Crippen LogP contribution is 2.19. The van der Waals surface area contributed by atoms with Crippen molar-refractivity contribution in [3.8, 4) is 0 Å².